The van der Waals surface area contributed by atoms with Gasteiger partial charge in [-0.1, -0.05) is 19.4 Å². The molecule has 0 atom stereocenters. The second-order valence-corrected chi connectivity index (χ2v) is 6.15. The van der Waals surface area contributed by atoms with E-state index in [0.717, 1.165) is 30.8 Å². The van der Waals surface area contributed by atoms with E-state index in [0.29, 0.717) is 5.82 Å². The lowest BCUT2D eigenvalue weighted by atomic mass is 9.77. The molecule has 1 N–H and O–H groups in total. The molecule has 6 heteroatoms. The first-order valence-electron chi connectivity index (χ1n) is 6.69. The van der Waals surface area contributed by atoms with Gasteiger partial charge in [0.1, 0.15) is 5.82 Å². The molecule has 0 unspecified atom stereocenters. The highest BCUT2D eigenvalue weighted by atomic mass is 19.4. The molecule has 0 radical (unpaired) electrons. The molecule has 0 fully saturated rings. The van der Waals surface area contributed by atoms with Crippen LogP contribution in [-0.4, -0.2) is 10.7 Å². The minimum absolute atomic E-state index is 0.146. The Bertz CT molecular complexity index is 569. The Balaban J connectivity index is 2.09. The summed E-state index contributed by atoms with van der Waals surface area (Å²) in [7, 11) is 0. The average Bonchev–Trinajstić information content (AvgIpc) is 2.33. The van der Waals surface area contributed by atoms with E-state index in [1.807, 2.05) is 13.0 Å². The van der Waals surface area contributed by atoms with E-state index in [9.17, 15) is 13.2 Å². The summed E-state index contributed by atoms with van der Waals surface area (Å²) in [6.45, 7) is 6.37. The van der Waals surface area contributed by atoms with Gasteiger partial charge >= 0.3 is 6.18 Å². The number of halogens is 3. The molecule has 1 aromatic heterocycles. The summed E-state index contributed by atoms with van der Waals surface area (Å²) < 4.78 is 37.3. The number of nitrogens with one attached hydrogen (secondary N) is 1. The summed E-state index contributed by atoms with van der Waals surface area (Å²) in [4.78, 5) is 3.73. The highest BCUT2D eigenvalue weighted by Crippen LogP contribution is 2.33. The Kier molecular flexibility index (Phi) is 4.07. The van der Waals surface area contributed by atoms with E-state index < -0.39 is 11.7 Å². The van der Waals surface area contributed by atoms with Crippen molar-refractivity contribution in [2.75, 3.05) is 5.43 Å². The van der Waals surface area contributed by atoms with Crippen LogP contribution in [-0.2, 0) is 6.18 Å². The Hall–Kier alpha value is -1.85. The van der Waals surface area contributed by atoms with Crippen molar-refractivity contribution in [1.82, 2.24) is 4.98 Å². The quantitative estimate of drug-likeness (QED) is 0.808. The fraction of sp³-hybridized carbons (Fsp3) is 0.467. The monoisotopic (exact) mass is 297 g/mol. The van der Waals surface area contributed by atoms with Crippen molar-refractivity contribution in [3.05, 3.63) is 35.5 Å². The van der Waals surface area contributed by atoms with Gasteiger partial charge in [0.15, 0.2) is 0 Å². The second-order valence-electron chi connectivity index (χ2n) is 6.15. The van der Waals surface area contributed by atoms with E-state index in [1.165, 1.54) is 11.6 Å². The van der Waals surface area contributed by atoms with Crippen LogP contribution in [0.2, 0.25) is 0 Å². The number of hydrogen-bond donors (Lipinski definition) is 1. The number of allylic oxidation sites excluding steroid dienone is 2. The lowest BCUT2D eigenvalue weighted by Crippen LogP contribution is -2.22. The van der Waals surface area contributed by atoms with Crippen molar-refractivity contribution in [2.45, 2.75) is 39.8 Å². The Labute approximate surface area is 122 Å². The van der Waals surface area contributed by atoms with Crippen molar-refractivity contribution in [1.29, 1.82) is 0 Å². The number of alkyl halides is 3. The number of hydrazone groups is 1. The van der Waals surface area contributed by atoms with Crippen LogP contribution in [0.3, 0.4) is 0 Å². The molecule has 1 aliphatic rings. The maximum Gasteiger partial charge on any atom is 0.417 e. The standard InChI is InChI=1S/C15H18F3N3/c1-10-6-12(8-14(2,3)7-10)20-21-13-5-4-11(9-19-13)15(16,17)18/h4-6,9H,7-8H2,1-3H3,(H,19,21)/b20-12-. The molecule has 0 saturated carbocycles. The van der Waals surface area contributed by atoms with Gasteiger partial charge in [-0.25, -0.2) is 4.98 Å². The third-order valence-electron chi connectivity index (χ3n) is 3.23. The molecule has 1 aliphatic carbocycles. The first kappa shape index (κ1) is 15.5. The normalized spacial score (nSPS) is 20.3. The lowest BCUT2D eigenvalue weighted by Gasteiger charge is -2.29. The molecule has 21 heavy (non-hydrogen) atoms. The van der Waals surface area contributed by atoms with Crippen molar-refractivity contribution >= 4 is 11.5 Å². The zero-order valence-corrected chi connectivity index (χ0v) is 12.3. The Morgan fingerprint density at radius 3 is 2.48 bits per heavy atom. The van der Waals surface area contributed by atoms with Crippen molar-refractivity contribution in [3.63, 3.8) is 0 Å². The summed E-state index contributed by atoms with van der Waals surface area (Å²) in [6.07, 6.45) is 0.268. The molecule has 0 aromatic carbocycles. The predicted molar refractivity (Wildman–Crippen MR) is 77.1 cm³/mol. The largest absolute Gasteiger partial charge is 0.417 e. The number of rotatable bonds is 2. The van der Waals surface area contributed by atoms with Gasteiger partial charge in [-0.2, -0.15) is 18.3 Å². The number of pyridine rings is 1. The summed E-state index contributed by atoms with van der Waals surface area (Å²) in [5.41, 5.74) is 4.22. The van der Waals surface area contributed by atoms with Crippen LogP contribution in [0.5, 0.6) is 0 Å². The molecule has 2 rings (SSSR count). The first-order valence-corrected chi connectivity index (χ1v) is 6.69. The molecule has 0 aliphatic heterocycles. The zero-order chi connectivity index (χ0) is 15.7. The van der Waals surface area contributed by atoms with E-state index in [1.54, 1.807) is 0 Å². The van der Waals surface area contributed by atoms with Gasteiger partial charge in [-0.3, -0.25) is 5.43 Å². The van der Waals surface area contributed by atoms with Crippen molar-refractivity contribution in [3.8, 4) is 0 Å². The van der Waals surface area contributed by atoms with Crippen LogP contribution in [0.1, 0.15) is 39.2 Å². The van der Waals surface area contributed by atoms with Gasteiger partial charge in [0.05, 0.1) is 11.3 Å². The fourth-order valence-corrected chi connectivity index (χ4v) is 2.52. The second kappa shape index (κ2) is 5.50. The molecular formula is C15H18F3N3. The van der Waals surface area contributed by atoms with Crippen LogP contribution in [0.25, 0.3) is 0 Å². The topological polar surface area (TPSA) is 37.3 Å². The fourth-order valence-electron chi connectivity index (χ4n) is 2.52. The predicted octanol–water partition coefficient (Wildman–Crippen LogP) is 4.63. The number of aromatic nitrogens is 1. The van der Waals surface area contributed by atoms with Crippen LogP contribution in [0, 0.1) is 5.41 Å². The van der Waals surface area contributed by atoms with Crippen LogP contribution in [0.4, 0.5) is 19.0 Å². The van der Waals surface area contributed by atoms with Gasteiger partial charge in [0, 0.05) is 6.20 Å². The SMILES string of the molecule is CC1=C/C(=N/Nc2ccc(C(F)(F)F)cn2)CC(C)(C)C1. The van der Waals surface area contributed by atoms with Crippen molar-refractivity contribution < 1.29 is 13.2 Å². The molecule has 114 valence electrons. The summed E-state index contributed by atoms with van der Waals surface area (Å²) >= 11 is 0. The Morgan fingerprint density at radius 1 is 1.24 bits per heavy atom. The third-order valence-corrected chi connectivity index (χ3v) is 3.23. The summed E-state index contributed by atoms with van der Waals surface area (Å²) in [5, 5.41) is 4.24. The number of nitrogens with zero attached hydrogens (tertiary/aromatic N) is 2. The maximum absolute atomic E-state index is 12.4. The van der Waals surface area contributed by atoms with Gasteiger partial charge in [-0.15, -0.1) is 0 Å². The first-order chi connectivity index (χ1) is 9.66. The highest BCUT2D eigenvalue weighted by Gasteiger charge is 2.30. The van der Waals surface area contributed by atoms with Crippen molar-refractivity contribution in [2.24, 2.45) is 10.5 Å². The van der Waals surface area contributed by atoms with Crippen LogP contribution < -0.4 is 5.43 Å². The molecule has 0 saturated heterocycles. The van der Waals surface area contributed by atoms with E-state index in [4.69, 9.17) is 0 Å². The van der Waals surface area contributed by atoms with E-state index in [-0.39, 0.29) is 5.41 Å². The maximum atomic E-state index is 12.4. The minimum atomic E-state index is -4.37. The molecule has 1 heterocycles. The molecule has 3 nitrogen and oxygen atoms in total. The van der Waals surface area contributed by atoms with E-state index in [2.05, 4.69) is 29.4 Å². The summed E-state index contributed by atoms with van der Waals surface area (Å²) in [5.74, 6) is 0.296. The van der Waals surface area contributed by atoms with Gasteiger partial charge in [0.2, 0.25) is 0 Å². The van der Waals surface area contributed by atoms with Gasteiger partial charge < -0.3 is 0 Å². The Morgan fingerprint density at radius 2 is 1.95 bits per heavy atom. The summed E-state index contributed by atoms with van der Waals surface area (Å²) in [6, 6.07) is 2.26. The molecule has 1 aromatic rings. The van der Waals surface area contributed by atoms with Crippen LogP contribution in [0.15, 0.2) is 35.1 Å². The molecule has 0 amide bonds. The average molecular weight is 297 g/mol. The number of hydrogen-bond acceptors (Lipinski definition) is 3. The van der Waals surface area contributed by atoms with Gasteiger partial charge in [-0.05, 0) is 43.4 Å². The molecular weight excluding hydrogens is 279 g/mol. The third kappa shape index (κ3) is 4.31. The van der Waals surface area contributed by atoms with Gasteiger partial charge in [0.25, 0.3) is 0 Å². The minimum Gasteiger partial charge on any atom is -0.261 e. The molecule has 0 bridgehead atoms. The molecule has 0 spiro atoms. The van der Waals surface area contributed by atoms with Crippen LogP contribution >= 0.6 is 0 Å². The number of anilines is 1. The van der Waals surface area contributed by atoms with E-state index >= 15 is 0 Å². The lowest BCUT2D eigenvalue weighted by molar-refractivity contribution is -0.137. The zero-order valence-electron chi connectivity index (χ0n) is 12.3. The highest BCUT2D eigenvalue weighted by molar-refractivity contribution is 5.97. The smallest absolute Gasteiger partial charge is 0.261 e.